The van der Waals surface area contributed by atoms with Crippen LogP contribution >= 0.6 is 23.6 Å². The van der Waals surface area contributed by atoms with Crippen molar-refractivity contribution in [3.63, 3.8) is 0 Å². The summed E-state index contributed by atoms with van der Waals surface area (Å²) in [7, 11) is 2.61. The molecule has 126 valence electrons. The number of carbonyl (C=O) groups is 2. The van der Waals surface area contributed by atoms with Gasteiger partial charge in [-0.15, -0.1) is 11.3 Å². The zero-order chi connectivity index (χ0) is 17.0. The molecule has 0 amide bonds. The van der Waals surface area contributed by atoms with Crippen LogP contribution in [0.15, 0.2) is 0 Å². The highest BCUT2D eigenvalue weighted by Crippen LogP contribution is 2.34. The number of hydrogen-bond donors (Lipinski definition) is 2. The molecule has 0 atom stereocenters. The van der Waals surface area contributed by atoms with E-state index in [2.05, 4.69) is 10.6 Å². The van der Waals surface area contributed by atoms with Gasteiger partial charge in [-0.05, 0) is 37.5 Å². The third kappa shape index (κ3) is 4.00. The summed E-state index contributed by atoms with van der Waals surface area (Å²) in [6, 6.07) is 0.359. The van der Waals surface area contributed by atoms with E-state index in [1.165, 1.54) is 27.1 Å². The molecule has 1 heterocycles. The van der Waals surface area contributed by atoms with Crippen molar-refractivity contribution in [3.05, 3.63) is 16.0 Å². The molecule has 1 aliphatic carbocycles. The van der Waals surface area contributed by atoms with Crippen LogP contribution in [0.1, 0.15) is 51.3 Å². The topological polar surface area (TPSA) is 76.7 Å². The molecule has 2 rings (SSSR count). The Morgan fingerprint density at radius 1 is 1.17 bits per heavy atom. The van der Waals surface area contributed by atoms with Crippen molar-refractivity contribution in [2.24, 2.45) is 0 Å². The van der Waals surface area contributed by atoms with Gasteiger partial charge in [0.2, 0.25) is 0 Å². The number of hydrogen-bond acceptors (Lipinski definition) is 6. The van der Waals surface area contributed by atoms with E-state index in [1.54, 1.807) is 6.92 Å². The molecule has 0 radical (unpaired) electrons. The molecule has 1 aromatic heterocycles. The Kier molecular flexibility index (Phi) is 5.95. The zero-order valence-electron chi connectivity index (χ0n) is 13.4. The predicted molar refractivity (Wildman–Crippen MR) is 93.3 cm³/mol. The van der Waals surface area contributed by atoms with Gasteiger partial charge in [0.05, 0.1) is 19.8 Å². The van der Waals surface area contributed by atoms with Crippen LogP contribution in [0.4, 0.5) is 5.00 Å². The monoisotopic (exact) mass is 356 g/mol. The van der Waals surface area contributed by atoms with Crippen molar-refractivity contribution in [2.45, 2.75) is 38.6 Å². The summed E-state index contributed by atoms with van der Waals surface area (Å²) in [5.41, 5.74) is 0.841. The largest absolute Gasteiger partial charge is 0.465 e. The number of anilines is 1. The third-order valence-electron chi connectivity index (χ3n) is 3.82. The van der Waals surface area contributed by atoms with Gasteiger partial charge in [-0.1, -0.05) is 12.8 Å². The maximum absolute atomic E-state index is 12.0. The lowest BCUT2D eigenvalue weighted by Crippen LogP contribution is -2.36. The second kappa shape index (κ2) is 7.74. The maximum atomic E-state index is 12.0. The number of nitrogens with one attached hydrogen (secondary N) is 2. The zero-order valence-corrected chi connectivity index (χ0v) is 15.0. The summed E-state index contributed by atoms with van der Waals surface area (Å²) in [5.74, 6) is -1.000. The molecule has 0 bridgehead atoms. The highest BCUT2D eigenvalue weighted by atomic mass is 32.1. The minimum atomic E-state index is -0.514. The summed E-state index contributed by atoms with van der Waals surface area (Å²) in [5, 5.41) is 7.20. The molecule has 0 saturated heterocycles. The molecule has 1 fully saturated rings. The van der Waals surface area contributed by atoms with Crippen molar-refractivity contribution in [1.82, 2.24) is 5.32 Å². The van der Waals surface area contributed by atoms with E-state index >= 15 is 0 Å². The summed E-state index contributed by atoms with van der Waals surface area (Å²) >= 11 is 6.45. The van der Waals surface area contributed by atoms with Gasteiger partial charge in [0.25, 0.3) is 0 Å². The predicted octanol–water partition coefficient (Wildman–Crippen LogP) is 2.86. The number of ether oxygens (including phenoxy) is 2. The summed E-state index contributed by atoms with van der Waals surface area (Å²) < 4.78 is 9.57. The molecular weight excluding hydrogens is 336 g/mol. The fourth-order valence-corrected chi connectivity index (χ4v) is 4.08. The lowest BCUT2D eigenvalue weighted by molar-refractivity contribution is 0.0601. The van der Waals surface area contributed by atoms with E-state index in [-0.39, 0.29) is 0 Å². The highest BCUT2D eigenvalue weighted by Gasteiger charge is 2.26. The minimum absolute atomic E-state index is 0.313. The second-order valence-corrected chi connectivity index (χ2v) is 6.75. The minimum Gasteiger partial charge on any atom is -0.465 e. The SMILES string of the molecule is COC(=O)c1sc(NC(=S)NC2CCCC2)c(C(=O)OC)c1C. The van der Waals surface area contributed by atoms with Crippen molar-refractivity contribution in [1.29, 1.82) is 0 Å². The Morgan fingerprint density at radius 2 is 1.78 bits per heavy atom. The van der Waals surface area contributed by atoms with Gasteiger partial charge < -0.3 is 20.1 Å². The van der Waals surface area contributed by atoms with Gasteiger partial charge in [0.15, 0.2) is 5.11 Å². The fraction of sp³-hybridized carbons (Fsp3) is 0.533. The smallest absolute Gasteiger partial charge is 0.348 e. The summed E-state index contributed by atoms with van der Waals surface area (Å²) in [4.78, 5) is 24.2. The van der Waals surface area contributed by atoms with E-state index in [1.807, 2.05) is 0 Å². The standard InChI is InChI=1S/C15H20N2O4S2/c1-8-10(13(18)20-2)12(23-11(8)14(19)21-3)17-15(22)16-9-6-4-5-7-9/h9H,4-7H2,1-3H3,(H2,16,17,22). The van der Waals surface area contributed by atoms with Crippen molar-refractivity contribution in [3.8, 4) is 0 Å². The number of esters is 2. The van der Waals surface area contributed by atoms with Crippen LogP contribution in [0.3, 0.4) is 0 Å². The van der Waals surface area contributed by atoms with Crippen molar-refractivity contribution in [2.75, 3.05) is 19.5 Å². The Hall–Kier alpha value is -1.67. The van der Waals surface area contributed by atoms with Gasteiger partial charge in [-0.25, -0.2) is 9.59 Å². The molecule has 1 aliphatic rings. The first-order chi connectivity index (χ1) is 11.0. The highest BCUT2D eigenvalue weighted by molar-refractivity contribution is 7.80. The third-order valence-corrected chi connectivity index (χ3v) is 5.23. The van der Waals surface area contributed by atoms with Gasteiger partial charge in [-0.3, -0.25) is 0 Å². The molecule has 0 aromatic carbocycles. The lowest BCUT2D eigenvalue weighted by atomic mass is 10.1. The first-order valence-electron chi connectivity index (χ1n) is 7.35. The normalized spacial score (nSPS) is 14.4. The van der Waals surface area contributed by atoms with Crippen LogP contribution in [0.25, 0.3) is 0 Å². The van der Waals surface area contributed by atoms with Crippen molar-refractivity contribution >= 4 is 45.6 Å². The van der Waals surface area contributed by atoms with Crippen LogP contribution in [0.2, 0.25) is 0 Å². The average molecular weight is 356 g/mol. The number of carbonyl (C=O) groups excluding carboxylic acids is 2. The molecule has 23 heavy (non-hydrogen) atoms. The van der Waals surface area contributed by atoms with Crippen LogP contribution < -0.4 is 10.6 Å². The van der Waals surface area contributed by atoms with Gasteiger partial charge in [0.1, 0.15) is 9.88 Å². The molecule has 2 N–H and O–H groups in total. The second-order valence-electron chi connectivity index (χ2n) is 5.32. The van der Waals surface area contributed by atoms with Gasteiger partial charge in [-0.2, -0.15) is 0 Å². The van der Waals surface area contributed by atoms with E-state index in [9.17, 15) is 9.59 Å². The molecule has 8 heteroatoms. The Morgan fingerprint density at radius 3 is 2.35 bits per heavy atom. The Bertz CT molecular complexity index is 621. The van der Waals surface area contributed by atoms with Crippen LogP contribution in [0.5, 0.6) is 0 Å². The van der Waals surface area contributed by atoms with E-state index < -0.39 is 11.9 Å². The first kappa shape index (κ1) is 17.7. The van der Waals surface area contributed by atoms with Crippen LogP contribution in [-0.2, 0) is 9.47 Å². The van der Waals surface area contributed by atoms with Crippen molar-refractivity contribution < 1.29 is 19.1 Å². The molecular formula is C15H20N2O4S2. The summed E-state index contributed by atoms with van der Waals surface area (Å²) in [6.45, 7) is 1.69. The molecule has 0 aliphatic heterocycles. The first-order valence-corrected chi connectivity index (χ1v) is 8.58. The molecule has 1 saturated carbocycles. The van der Waals surface area contributed by atoms with Crippen LogP contribution in [-0.4, -0.2) is 37.3 Å². The van der Waals surface area contributed by atoms with E-state index in [0.717, 1.165) is 24.2 Å². The van der Waals surface area contributed by atoms with Crippen LogP contribution in [0, 0.1) is 6.92 Å². The molecule has 6 nitrogen and oxygen atoms in total. The van der Waals surface area contributed by atoms with Gasteiger partial charge >= 0.3 is 11.9 Å². The maximum Gasteiger partial charge on any atom is 0.348 e. The Labute approximate surface area is 144 Å². The van der Waals surface area contributed by atoms with Gasteiger partial charge in [0, 0.05) is 6.04 Å². The summed E-state index contributed by atoms with van der Waals surface area (Å²) in [6.07, 6.45) is 4.56. The average Bonchev–Trinajstić information content (AvgIpc) is 3.14. The fourth-order valence-electron chi connectivity index (χ4n) is 2.63. The molecule has 0 unspecified atom stereocenters. The number of rotatable bonds is 4. The van der Waals surface area contributed by atoms with E-state index in [0.29, 0.717) is 32.2 Å². The quantitative estimate of drug-likeness (QED) is 0.634. The number of thiophene rings is 1. The number of methoxy groups -OCH3 is 2. The molecule has 1 aromatic rings. The Balaban J connectivity index is 2.23. The molecule has 0 spiro atoms. The van der Waals surface area contributed by atoms with E-state index in [4.69, 9.17) is 21.7 Å². The number of thiocarbonyl (C=S) groups is 1. The lowest BCUT2D eigenvalue weighted by Gasteiger charge is -2.15.